The van der Waals surface area contributed by atoms with Crippen LogP contribution in [-0.2, 0) is 0 Å². The highest BCUT2D eigenvalue weighted by atomic mass is 16.1. The standard InChI is InChI=1S/C19H18O/c1-3-19(20)18-12-15-9-5-4-8-14(15)11-17(18)16-10-6-7-13(16)2/h4-9,11-12H,3,10H2,1-2H3. The molecule has 0 radical (unpaired) electrons. The Hall–Kier alpha value is -2.15. The normalized spacial score (nSPS) is 14.3. The largest absolute Gasteiger partial charge is 0.294 e. The first-order valence-electron chi connectivity index (χ1n) is 7.13. The smallest absolute Gasteiger partial charge is 0.163 e. The van der Waals surface area contributed by atoms with E-state index in [2.05, 4.69) is 43.3 Å². The number of allylic oxidation sites excluding steroid dienone is 4. The van der Waals surface area contributed by atoms with Gasteiger partial charge in [0.05, 0.1) is 0 Å². The molecule has 2 aromatic carbocycles. The summed E-state index contributed by atoms with van der Waals surface area (Å²) >= 11 is 0. The number of ketones is 1. The predicted octanol–water partition coefficient (Wildman–Crippen LogP) is 5.17. The first kappa shape index (κ1) is 12.9. The number of hydrogen-bond acceptors (Lipinski definition) is 1. The third kappa shape index (κ3) is 2.09. The molecule has 0 heterocycles. The van der Waals surface area contributed by atoms with Crippen LogP contribution in [0.15, 0.2) is 54.1 Å². The molecule has 0 aliphatic heterocycles. The molecule has 0 aromatic heterocycles. The van der Waals surface area contributed by atoms with Crippen molar-refractivity contribution >= 4 is 22.1 Å². The lowest BCUT2D eigenvalue weighted by Gasteiger charge is -2.13. The summed E-state index contributed by atoms with van der Waals surface area (Å²) in [6.45, 7) is 4.05. The topological polar surface area (TPSA) is 17.1 Å². The Kier molecular flexibility index (Phi) is 3.27. The van der Waals surface area contributed by atoms with Crippen molar-refractivity contribution in [1.82, 2.24) is 0 Å². The van der Waals surface area contributed by atoms with Crippen LogP contribution < -0.4 is 0 Å². The quantitative estimate of drug-likeness (QED) is 0.698. The van der Waals surface area contributed by atoms with Crippen molar-refractivity contribution in [2.75, 3.05) is 0 Å². The van der Waals surface area contributed by atoms with Gasteiger partial charge in [0, 0.05) is 12.0 Å². The third-order valence-electron chi connectivity index (χ3n) is 4.00. The fourth-order valence-corrected chi connectivity index (χ4v) is 2.85. The Labute approximate surface area is 119 Å². The zero-order valence-electron chi connectivity index (χ0n) is 11.9. The lowest BCUT2D eigenvalue weighted by molar-refractivity contribution is 0.0988. The average molecular weight is 262 g/mol. The summed E-state index contributed by atoms with van der Waals surface area (Å²) in [7, 11) is 0. The van der Waals surface area contributed by atoms with E-state index in [1.807, 2.05) is 19.1 Å². The number of rotatable bonds is 3. The second-order valence-electron chi connectivity index (χ2n) is 5.29. The summed E-state index contributed by atoms with van der Waals surface area (Å²) in [4.78, 5) is 12.3. The zero-order chi connectivity index (χ0) is 14.1. The first-order chi connectivity index (χ1) is 9.70. The molecule has 0 atom stereocenters. The Balaban J connectivity index is 2.28. The molecule has 1 aliphatic carbocycles. The van der Waals surface area contributed by atoms with Gasteiger partial charge in [0.15, 0.2) is 5.78 Å². The molecule has 0 spiro atoms. The molecule has 3 rings (SSSR count). The van der Waals surface area contributed by atoms with Crippen LogP contribution in [0.3, 0.4) is 0 Å². The van der Waals surface area contributed by atoms with Crippen LogP contribution in [0.25, 0.3) is 16.3 Å². The minimum Gasteiger partial charge on any atom is -0.294 e. The van der Waals surface area contributed by atoms with Crippen LogP contribution in [0.1, 0.15) is 42.6 Å². The second-order valence-corrected chi connectivity index (χ2v) is 5.29. The minimum atomic E-state index is 0.220. The summed E-state index contributed by atoms with van der Waals surface area (Å²) in [6, 6.07) is 12.5. The van der Waals surface area contributed by atoms with E-state index < -0.39 is 0 Å². The highest BCUT2D eigenvalue weighted by Gasteiger charge is 2.17. The van der Waals surface area contributed by atoms with Gasteiger partial charge >= 0.3 is 0 Å². The van der Waals surface area contributed by atoms with Crippen molar-refractivity contribution in [1.29, 1.82) is 0 Å². The van der Waals surface area contributed by atoms with Crippen LogP contribution >= 0.6 is 0 Å². The predicted molar refractivity (Wildman–Crippen MR) is 84.9 cm³/mol. The van der Waals surface area contributed by atoms with Crippen LogP contribution in [0.4, 0.5) is 0 Å². The summed E-state index contributed by atoms with van der Waals surface area (Å²) in [6.07, 6.45) is 5.78. The molecule has 1 aliphatic rings. The Morgan fingerprint density at radius 3 is 2.45 bits per heavy atom. The van der Waals surface area contributed by atoms with E-state index in [1.165, 1.54) is 16.5 Å². The molecular formula is C19H18O. The zero-order valence-corrected chi connectivity index (χ0v) is 11.9. The summed E-state index contributed by atoms with van der Waals surface area (Å²) in [5, 5.41) is 2.33. The second kappa shape index (κ2) is 5.09. The van der Waals surface area contributed by atoms with Crippen molar-refractivity contribution in [3.8, 4) is 0 Å². The number of fused-ring (bicyclic) bond motifs is 1. The first-order valence-corrected chi connectivity index (χ1v) is 7.13. The number of carbonyl (C=O) groups excluding carboxylic acids is 1. The molecule has 0 fully saturated rings. The fraction of sp³-hybridized carbons (Fsp3) is 0.211. The number of carbonyl (C=O) groups is 1. The van der Waals surface area contributed by atoms with Crippen molar-refractivity contribution in [2.45, 2.75) is 26.7 Å². The van der Waals surface area contributed by atoms with E-state index in [9.17, 15) is 4.79 Å². The van der Waals surface area contributed by atoms with Crippen molar-refractivity contribution in [3.05, 3.63) is 65.3 Å². The molecule has 0 unspecified atom stereocenters. The van der Waals surface area contributed by atoms with E-state index in [1.54, 1.807) is 0 Å². The molecule has 0 amide bonds. The van der Waals surface area contributed by atoms with E-state index >= 15 is 0 Å². The maximum atomic E-state index is 12.3. The van der Waals surface area contributed by atoms with Crippen LogP contribution in [0.5, 0.6) is 0 Å². The van der Waals surface area contributed by atoms with Gasteiger partial charge < -0.3 is 0 Å². The minimum absolute atomic E-state index is 0.220. The lowest BCUT2D eigenvalue weighted by Crippen LogP contribution is -2.02. The molecule has 0 bridgehead atoms. The van der Waals surface area contributed by atoms with Gasteiger partial charge in [-0.3, -0.25) is 4.79 Å². The van der Waals surface area contributed by atoms with E-state index in [4.69, 9.17) is 0 Å². The molecule has 0 N–H and O–H groups in total. The maximum absolute atomic E-state index is 12.3. The summed E-state index contributed by atoms with van der Waals surface area (Å²) in [5.74, 6) is 0.220. The Bertz CT molecular complexity index is 747. The lowest BCUT2D eigenvalue weighted by atomic mass is 9.91. The molecule has 20 heavy (non-hydrogen) atoms. The molecule has 1 nitrogen and oxygen atoms in total. The Morgan fingerprint density at radius 2 is 1.85 bits per heavy atom. The summed E-state index contributed by atoms with van der Waals surface area (Å²) in [5.41, 5.74) is 4.53. The van der Waals surface area contributed by atoms with Gasteiger partial charge in [-0.1, -0.05) is 43.3 Å². The van der Waals surface area contributed by atoms with Crippen LogP contribution in [-0.4, -0.2) is 5.78 Å². The maximum Gasteiger partial charge on any atom is 0.163 e. The third-order valence-corrected chi connectivity index (χ3v) is 4.00. The van der Waals surface area contributed by atoms with Crippen LogP contribution in [0.2, 0.25) is 0 Å². The molecular weight excluding hydrogens is 244 g/mol. The Morgan fingerprint density at radius 1 is 1.15 bits per heavy atom. The van der Waals surface area contributed by atoms with Gasteiger partial charge in [-0.2, -0.15) is 0 Å². The number of Topliss-reactive ketones (excluding diaryl/α,β-unsaturated/α-hetero) is 1. The van der Waals surface area contributed by atoms with Crippen molar-refractivity contribution in [2.24, 2.45) is 0 Å². The monoisotopic (exact) mass is 262 g/mol. The summed E-state index contributed by atoms with van der Waals surface area (Å²) < 4.78 is 0. The van der Waals surface area contributed by atoms with Crippen molar-refractivity contribution < 1.29 is 4.79 Å². The van der Waals surface area contributed by atoms with E-state index in [0.717, 1.165) is 22.9 Å². The van der Waals surface area contributed by atoms with Gasteiger partial charge in [0.25, 0.3) is 0 Å². The van der Waals surface area contributed by atoms with Gasteiger partial charge in [0.2, 0.25) is 0 Å². The molecule has 0 saturated carbocycles. The highest BCUT2D eigenvalue weighted by molar-refractivity contribution is 6.05. The number of hydrogen-bond donors (Lipinski definition) is 0. The van der Waals surface area contributed by atoms with E-state index in [-0.39, 0.29) is 5.78 Å². The highest BCUT2D eigenvalue weighted by Crippen LogP contribution is 2.33. The SMILES string of the molecule is CCC(=O)c1cc2ccccc2cc1C1=C(C)C=CC1. The molecule has 1 heteroatoms. The van der Waals surface area contributed by atoms with Gasteiger partial charge in [-0.25, -0.2) is 0 Å². The van der Waals surface area contributed by atoms with E-state index in [0.29, 0.717) is 6.42 Å². The number of benzene rings is 2. The molecule has 0 saturated heterocycles. The van der Waals surface area contributed by atoms with Gasteiger partial charge in [-0.15, -0.1) is 0 Å². The van der Waals surface area contributed by atoms with Gasteiger partial charge in [-0.05, 0) is 53.0 Å². The average Bonchev–Trinajstić information content (AvgIpc) is 2.91. The fourth-order valence-electron chi connectivity index (χ4n) is 2.85. The van der Waals surface area contributed by atoms with Crippen molar-refractivity contribution in [3.63, 3.8) is 0 Å². The van der Waals surface area contributed by atoms with Crippen LogP contribution in [0, 0.1) is 0 Å². The van der Waals surface area contributed by atoms with Gasteiger partial charge in [0.1, 0.15) is 0 Å². The molecule has 2 aromatic rings. The molecule has 100 valence electrons.